The van der Waals surface area contributed by atoms with Gasteiger partial charge in [0.05, 0.1) is 24.4 Å². The molecule has 1 aromatic carbocycles. The highest BCUT2D eigenvalue weighted by Gasteiger charge is 2.28. The van der Waals surface area contributed by atoms with Crippen molar-refractivity contribution in [2.24, 2.45) is 13.0 Å². The molecular formula is C24H29N3O2S. The minimum Gasteiger partial charge on any atom is -0.492 e. The summed E-state index contributed by atoms with van der Waals surface area (Å²) >= 11 is 1.73. The highest BCUT2D eigenvalue weighted by atomic mass is 32.1. The van der Waals surface area contributed by atoms with Crippen LogP contribution in [-0.4, -0.2) is 17.1 Å². The van der Waals surface area contributed by atoms with Gasteiger partial charge in [0.25, 0.3) is 5.91 Å². The number of rotatable bonds is 7. The third kappa shape index (κ3) is 4.24. The number of carbonyl (C=O) groups is 1. The Balaban J connectivity index is 1.63. The number of aromatic nitrogens is 1. The fourth-order valence-electron chi connectivity index (χ4n) is 4.00. The molecular weight excluding hydrogens is 394 g/mol. The van der Waals surface area contributed by atoms with Crippen LogP contribution >= 0.6 is 11.3 Å². The lowest BCUT2D eigenvalue weighted by molar-refractivity contribution is 0.102. The predicted octanol–water partition coefficient (Wildman–Crippen LogP) is 5.47. The zero-order valence-electron chi connectivity index (χ0n) is 17.8. The van der Waals surface area contributed by atoms with Gasteiger partial charge in [-0.2, -0.15) is 0 Å². The molecule has 0 saturated carbocycles. The van der Waals surface area contributed by atoms with Crippen LogP contribution in [0, 0.1) is 5.92 Å². The van der Waals surface area contributed by atoms with Crippen LogP contribution in [0.5, 0.6) is 5.75 Å². The summed E-state index contributed by atoms with van der Waals surface area (Å²) in [5.41, 5.74) is 3.89. The quantitative estimate of drug-likeness (QED) is 0.529. The molecule has 0 aliphatic heterocycles. The first-order valence-corrected chi connectivity index (χ1v) is 11.4. The number of ether oxygens (including phenoxy) is 1. The maximum Gasteiger partial charge on any atom is 0.259 e. The summed E-state index contributed by atoms with van der Waals surface area (Å²) in [4.78, 5) is 14.8. The van der Waals surface area contributed by atoms with Gasteiger partial charge in [0.15, 0.2) is 0 Å². The van der Waals surface area contributed by atoms with E-state index in [1.807, 2.05) is 50.5 Å². The molecule has 1 amide bonds. The van der Waals surface area contributed by atoms with Crippen molar-refractivity contribution in [2.75, 3.05) is 17.2 Å². The lowest BCUT2D eigenvalue weighted by Gasteiger charge is -2.19. The molecule has 3 aromatic rings. The van der Waals surface area contributed by atoms with Crippen LogP contribution in [0.25, 0.3) is 0 Å². The van der Waals surface area contributed by atoms with Gasteiger partial charge < -0.3 is 19.9 Å². The van der Waals surface area contributed by atoms with Gasteiger partial charge in [-0.3, -0.25) is 4.79 Å². The van der Waals surface area contributed by atoms with E-state index in [1.54, 1.807) is 11.3 Å². The van der Waals surface area contributed by atoms with Gasteiger partial charge in [-0.25, -0.2) is 0 Å². The number of hydrogen-bond donors (Lipinski definition) is 2. The lowest BCUT2D eigenvalue weighted by Crippen LogP contribution is -2.18. The molecule has 1 aliphatic carbocycles. The number of carbonyl (C=O) groups excluding carboxylic acids is 1. The topological polar surface area (TPSA) is 55.3 Å². The highest BCUT2D eigenvalue weighted by Crippen LogP contribution is 2.40. The second kappa shape index (κ2) is 8.96. The van der Waals surface area contributed by atoms with E-state index in [-0.39, 0.29) is 5.91 Å². The molecule has 0 bridgehead atoms. The Morgan fingerprint density at radius 3 is 2.87 bits per heavy atom. The Kier molecular flexibility index (Phi) is 6.13. The van der Waals surface area contributed by atoms with E-state index >= 15 is 0 Å². The zero-order valence-corrected chi connectivity index (χ0v) is 18.6. The first-order chi connectivity index (χ1) is 14.6. The molecule has 1 atom stereocenters. The van der Waals surface area contributed by atoms with E-state index in [4.69, 9.17) is 4.74 Å². The van der Waals surface area contributed by atoms with Gasteiger partial charge in [-0.1, -0.05) is 19.1 Å². The fraction of sp³-hybridized carbons (Fsp3) is 0.375. The number of nitrogens with zero attached hydrogens (tertiary/aromatic N) is 1. The molecule has 2 heterocycles. The van der Waals surface area contributed by atoms with Crippen molar-refractivity contribution in [1.29, 1.82) is 0 Å². The van der Waals surface area contributed by atoms with Crippen LogP contribution in [-0.2, 0) is 26.4 Å². The van der Waals surface area contributed by atoms with Gasteiger partial charge >= 0.3 is 0 Å². The number of aryl methyl sites for hydroxylation is 1. The molecule has 158 valence electrons. The van der Waals surface area contributed by atoms with Crippen LogP contribution in [0.2, 0.25) is 0 Å². The number of amides is 1. The van der Waals surface area contributed by atoms with E-state index in [0.717, 1.165) is 29.8 Å². The minimum absolute atomic E-state index is 0.0661. The van der Waals surface area contributed by atoms with Crippen molar-refractivity contribution in [3.63, 3.8) is 0 Å². The van der Waals surface area contributed by atoms with Crippen LogP contribution in [0.4, 0.5) is 10.7 Å². The van der Waals surface area contributed by atoms with Crippen LogP contribution < -0.4 is 15.4 Å². The second-order valence-corrected chi connectivity index (χ2v) is 9.01. The molecule has 2 aromatic heterocycles. The highest BCUT2D eigenvalue weighted by molar-refractivity contribution is 7.16. The normalized spacial score (nSPS) is 15.5. The fourth-order valence-corrected chi connectivity index (χ4v) is 5.41. The third-order valence-electron chi connectivity index (χ3n) is 5.66. The number of fused-ring (bicyclic) bond motifs is 1. The van der Waals surface area contributed by atoms with Crippen LogP contribution in [0.1, 0.15) is 46.8 Å². The number of thiophene rings is 1. The average molecular weight is 424 g/mol. The van der Waals surface area contributed by atoms with E-state index in [2.05, 4.69) is 28.2 Å². The summed E-state index contributed by atoms with van der Waals surface area (Å²) in [6.45, 7) is 5.48. The van der Waals surface area contributed by atoms with Crippen molar-refractivity contribution in [3.05, 3.63) is 64.3 Å². The Morgan fingerprint density at radius 2 is 2.10 bits per heavy atom. The molecule has 4 rings (SSSR count). The van der Waals surface area contributed by atoms with Crippen molar-refractivity contribution in [2.45, 2.75) is 39.7 Å². The number of hydrogen-bond acceptors (Lipinski definition) is 4. The first kappa shape index (κ1) is 20.5. The van der Waals surface area contributed by atoms with Gasteiger partial charge in [-0.05, 0) is 61.9 Å². The zero-order chi connectivity index (χ0) is 21.1. The summed E-state index contributed by atoms with van der Waals surface area (Å²) in [6, 6.07) is 11.7. The van der Waals surface area contributed by atoms with Crippen molar-refractivity contribution in [3.8, 4) is 5.75 Å². The number of nitrogens with one attached hydrogen (secondary N) is 2. The van der Waals surface area contributed by atoms with Crippen LogP contribution in [0.3, 0.4) is 0 Å². The van der Waals surface area contributed by atoms with Crippen LogP contribution in [0.15, 0.2) is 42.6 Å². The summed E-state index contributed by atoms with van der Waals surface area (Å²) in [7, 11) is 2.04. The number of benzene rings is 1. The van der Waals surface area contributed by atoms with Gasteiger partial charge in [-0.15, -0.1) is 11.3 Å². The molecule has 0 saturated heterocycles. The molecule has 6 heteroatoms. The Bertz CT molecular complexity index is 1040. The standard InChI is InChI=1S/C24H29N3O2S/c1-4-29-20-10-6-5-9-19(20)26-23(28)22-18-12-11-16(2)14-21(18)30-24(22)25-15-17-8-7-13-27(17)3/h5-10,13,16,25H,4,11-12,14-15H2,1-3H3,(H,26,28). The summed E-state index contributed by atoms with van der Waals surface area (Å²) < 4.78 is 7.79. The maximum absolute atomic E-state index is 13.4. The molecule has 30 heavy (non-hydrogen) atoms. The Labute approximate surface area is 182 Å². The van der Waals surface area contributed by atoms with Gasteiger partial charge in [0.2, 0.25) is 0 Å². The molecule has 0 radical (unpaired) electrons. The molecule has 2 N–H and O–H groups in total. The Morgan fingerprint density at radius 1 is 1.27 bits per heavy atom. The average Bonchev–Trinajstić information content (AvgIpc) is 3.30. The summed E-state index contributed by atoms with van der Waals surface area (Å²) in [5, 5.41) is 7.60. The van der Waals surface area contributed by atoms with Crippen molar-refractivity contribution >= 4 is 27.9 Å². The third-order valence-corrected chi connectivity index (χ3v) is 6.87. The second-order valence-electron chi connectivity index (χ2n) is 7.90. The minimum atomic E-state index is -0.0661. The maximum atomic E-state index is 13.4. The van der Waals surface area contributed by atoms with E-state index in [9.17, 15) is 4.79 Å². The Hall–Kier alpha value is -2.73. The van der Waals surface area contributed by atoms with E-state index in [1.165, 1.54) is 16.1 Å². The van der Waals surface area contributed by atoms with Crippen molar-refractivity contribution in [1.82, 2.24) is 4.57 Å². The number of anilines is 2. The lowest BCUT2D eigenvalue weighted by atomic mass is 9.88. The van der Waals surface area contributed by atoms with E-state index < -0.39 is 0 Å². The molecule has 0 fully saturated rings. The molecule has 1 aliphatic rings. The van der Waals surface area contributed by atoms with Gasteiger partial charge in [0, 0.05) is 23.8 Å². The number of para-hydroxylation sites is 2. The predicted molar refractivity (Wildman–Crippen MR) is 124 cm³/mol. The summed E-state index contributed by atoms with van der Waals surface area (Å²) in [5.74, 6) is 1.29. The molecule has 1 unspecified atom stereocenters. The van der Waals surface area contributed by atoms with Gasteiger partial charge in [0.1, 0.15) is 10.8 Å². The molecule has 0 spiro atoms. The molecule has 5 nitrogen and oxygen atoms in total. The SMILES string of the molecule is CCOc1ccccc1NC(=O)c1c(NCc2cccn2C)sc2c1CCC(C)C2. The smallest absolute Gasteiger partial charge is 0.259 e. The summed E-state index contributed by atoms with van der Waals surface area (Å²) in [6.07, 6.45) is 5.16. The van der Waals surface area contributed by atoms with Crippen molar-refractivity contribution < 1.29 is 9.53 Å². The first-order valence-electron chi connectivity index (χ1n) is 10.6. The largest absolute Gasteiger partial charge is 0.492 e. The van der Waals surface area contributed by atoms with E-state index in [0.29, 0.717) is 30.5 Å². The monoisotopic (exact) mass is 423 g/mol.